The van der Waals surface area contributed by atoms with Crippen molar-refractivity contribution >= 4 is 5.91 Å². The van der Waals surface area contributed by atoms with Gasteiger partial charge in [0.2, 0.25) is 5.91 Å². The zero-order chi connectivity index (χ0) is 9.40. The van der Waals surface area contributed by atoms with Gasteiger partial charge in [0.15, 0.2) is 0 Å². The normalized spacial score (nSPS) is 12.6. The molecule has 1 unspecified atom stereocenters. The number of carbonyl (C=O) groups is 1. The number of nitrogens with one attached hydrogen (secondary N) is 1. The van der Waals surface area contributed by atoms with Crippen LogP contribution in [0.25, 0.3) is 0 Å². The van der Waals surface area contributed by atoms with E-state index in [9.17, 15) is 4.79 Å². The molecule has 0 rings (SSSR count). The first kappa shape index (κ1) is 11.4. The van der Waals surface area contributed by atoms with Gasteiger partial charge in [-0.15, -0.1) is 0 Å². The number of amides is 1. The number of aliphatic hydroxyl groups excluding tert-OH is 2. The summed E-state index contributed by atoms with van der Waals surface area (Å²) < 4.78 is 0. The molecule has 0 saturated carbocycles. The van der Waals surface area contributed by atoms with Crippen LogP contribution in [0.2, 0.25) is 0 Å². The summed E-state index contributed by atoms with van der Waals surface area (Å²) in [6.07, 6.45) is 1.42. The molecule has 0 aromatic carbocycles. The van der Waals surface area contributed by atoms with Crippen molar-refractivity contribution in [3.63, 3.8) is 0 Å². The molecule has 0 aliphatic heterocycles. The van der Waals surface area contributed by atoms with Gasteiger partial charge in [0.05, 0.1) is 12.7 Å². The molecule has 0 aromatic heterocycles. The van der Waals surface area contributed by atoms with Crippen LogP contribution in [0.4, 0.5) is 0 Å². The maximum absolute atomic E-state index is 10.9. The quantitative estimate of drug-likeness (QED) is 0.516. The van der Waals surface area contributed by atoms with Crippen LogP contribution in [0.1, 0.15) is 26.2 Å². The Labute approximate surface area is 72.6 Å². The molecule has 0 heterocycles. The lowest BCUT2D eigenvalue weighted by atomic mass is 10.2. The summed E-state index contributed by atoms with van der Waals surface area (Å²) in [6.45, 7) is 1.99. The molecule has 0 saturated heterocycles. The summed E-state index contributed by atoms with van der Waals surface area (Å²) in [4.78, 5) is 10.9. The molecule has 12 heavy (non-hydrogen) atoms. The molecule has 4 heteroatoms. The van der Waals surface area contributed by atoms with Crippen LogP contribution in [0.3, 0.4) is 0 Å². The Morgan fingerprint density at radius 3 is 2.75 bits per heavy atom. The minimum absolute atomic E-state index is 0.0257. The molecular weight excluding hydrogens is 158 g/mol. The molecule has 3 N–H and O–H groups in total. The van der Waals surface area contributed by atoms with E-state index in [4.69, 9.17) is 10.2 Å². The van der Waals surface area contributed by atoms with E-state index in [1.807, 2.05) is 0 Å². The third-order valence-corrected chi connectivity index (χ3v) is 1.46. The second kappa shape index (κ2) is 7.06. The van der Waals surface area contributed by atoms with Crippen LogP contribution in [-0.2, 0) is 4.79 Å². The number of hydrogen-bond acceptors (Lipinski definition) is 3. The summed E-state index contributed by atoms with van der Waals surface area (Å²) >= 11 is 0. The number of hydrogen-bond donors (Lipinski definition) is 3. The van der Waals surface area contributed by atoms with Gasteiger partial charge in [0.1, 0.15) is 0 Å². The Morgan fingerprint density at radius 1 is 1.58 bits per heavy atom. The third-order valence-electron chi connectivity index (χ3n) is 1.46. The fraction of sp³-hybridized carbons (Fsp3) is 0.875. The number of carbonyl (C=O) groups excluding carboxylic acids is 1. The molecule has 0 aromatic rings. The van der Waals surface area contributed by atoms with E-state index in [0.717, 1.165) is 0 Å². The standard InChI is InChI=1S/C8H17NO3/c1-7(11)3-2-4-8(12)9-5-6-10/h7,10-11H,2-6H2,1H3,(H,9,12). The van der Waals surface area contributed by atoms with Gasteiger partial charge in [-0.1, -0.05) is 0 Å². The zero-order valence-corrected chi connectivity index (χ0v) is 7.42. The molecule has 1 atom stereocenters. The Kier molecular flexibility index (Phi) is 6.70. The molecule has 0 aliphatic carbocycles. The van der Waals surface area contributed by atoms with Crippen molar-refractivity contribution in [2.24, 2.45) is 0 Å². The Hall–Kier alpha value is -0.610. The van der Waals surface area contributed by atoms with Gasteiger partial charge in [-0.05, 0) is 19.8 Å². The maximum Gasteiger partial charge on any atom is 0.220 e. The van der Waals surface area contributed by atoms with Crippen molar-refractivity contribution in [1.82, 2.24) is 5.32 Å². The summed E-state index contributed by atoms with van der Waals surface area (Å²) in [6, 6.07) is 0. The predicted molar refractivity (Wildman–Crippen MR) is 45.6 cm³/mol. The van der Waals surface area contributed by atoms with Crippen molar-refractivity contribution in [3.8, 4) is 0 Å². The molecule has 0 bridgehead atoms. The summed E-state index contributed by atoms with van der Waals surface area (Å²) in [5, 5.41) is 19.8. The van der Waals surface area contributed by atoms with E-state index in [0.29, 0.717) is 25.8 Å². The number of rotatable bonds is 6. The molecule has 72 valence electrons. The van der Waals surface area contributed by atoms with Crippen molar-refractivity contribution < 1.29 is 15.0 Å². The van der Waals surface area contributed by atoms with Crippen molar-refractivity contribution in [2.75, 3.05) is 13.2 Å². The average Bonchev–Trinajstić information content (AvgIpc) is 2.00. The van der Waals surface area contributed by atoms with Gasteiger partial charge in [-0.3, -0.25) is 4.79 Å². The van der Waals surface area contributed by atoms with Crippen molar-refractivity contribution in [3.05, 3.63) is 0 Å². The van der Waals surface area contributed by atoms with Crippen LogP contribution in [-0.4, -0.2) is 35.4 Å². The lowest BCUT2D eigenvalue weighted by Gasteiger charge is -2.04. The van der Waals surface area contributed by atoms with Gasteiger partial charge < -0.3 is 15.5 Å². The second-order valence-electron chi connectivity index (χ2n) is 2.81. The highest BCUT2D eigenvalue weighted by Gasteiger charge is 2.01. The van der Waals surface area contributed by atoms with Gasteiger partial charge in [0.25, 0.3) is 0 Å². The molecule has 1 amide bonds. The lowest BCUT2D eigenvalue weighted by molar-refractivity contribution is -0.121. The van der Waals surface area contributed by atoms with Crippen LogP contribution >= 0.6 is 0 Å². The predicted octanol–water partition coefficient (Wildman–Crippen LogP) is -0.354. The van der Waals surface area contributed by atoms with Gasteiger partial charge in [-0.2, -0.15) is 0 Å². The summed E-state index contributed by atoms with van der Waals surface area (Å²) in [5.74, 6) is -0.0651. The van der Waals surface area contributed by atoms with Gasteiger partial charge in [-0.25, -0.2) is 0 Å². The van der Waals surface area contributed by atoms with E-state index >= 15 is 0 Å². The Balaban J connectivity index is 3.20. The van der Waals surface area contributed by atoms with E-state index in [-0.39, 0.29) is 18.6 Å². The van der Waals surface area contributed by atoms with Gasteiger partial charge in [0, 0.05) is 13.0 Å². The number of aliphatic hydroxyl groups is 2. The van der Waals surface area contributed by atoms with Crippen LogP contribution in [0.5, 0.6) is 0 Å². The monoisotopic (exact) mass is 175 g/mol. The molecule has 0 fully saturated rings. The van der Waals surface area contributed by atoms with Crippen molar-refractivity contribution in [1.29, 1.82) is 0 Å². The fourth-order valence-electron chi connectivity index (χ4n) is 0.842. The summed E-state index contributed by atoms with van der Waals surface area (Å²) in [7, 11) is 0. The van der Waals surface area contributed by atoms with Crippen LogP contribution in [0.15, 0.2) is 0 Å². The Morgan fingerprint density at radius 2 is 2.25 bits per heavy atom. The minimum Gasteiger partial charge on any atom is -0.395 e. The smallest absolute Gasteiger partial charge is 0.220 e. The zero-order valence-electron chi connectivity index (χ0n) is 7.42. The molecule has 0 spiro atoms. The lowest BCUT2D eigenvalue weighted by Crippen LogP contribution is -2.26. The van der Waals surface area contributed by atoms with E-state index < -0.39 is 0 Å². The highest BCUT2D eigenvalue weighted by Crippen LogP contribution is 1.99. The third kappa shape index (κ3) is 7.50. The van der Waals surface area contributed by atoms with E-state index in [2.05, 4.69) is 5.32 Å². The first-order valence-electron chi connectivity index (χ1n) is 4.22. The maximum atomic E-state index is 10.9. The second-order valence-corrected chi connectivity index (χ2v) is 2.81. The molecule has 0 aliphatic rings. The average molecular weight is 175 g/mol. The van der Waals surface area contributed by atoms with Crippen LogP contribution in [0, 0.1) is 0 Å². The fourth-order valence-corrected chi connectivity index (χ4v) is 0.842. The molecular formula is C8H17NO3. The minimum atomic E-state index is -0.337. The van der Waals surface area contributed by atoms with Crippen molar-refractivity contribution in [2.45, 2.75) is 32.3 Å². The topological polar surface area (TPSA) is 69.6 Å². The molecule has 4 nitrogen and oxygen atoms in total. The highest BCUT2D eigenvalue weighted by atomic mass is 16.3. The Bertz CT molecular complexity index is 125. The van der Waals surface area contributed by atoms with E-state index in [1.54, 1.807) is 6.92 Å². The first-order valence-corrected chi connectivity index (χ1v) is 4.22. The molecule has 0 radical (unpaired) electrons. The SMILES string of the molecule is CC(O)CCCC(=O)NCCO. The first-order chi connectivity index (χ1) is 5.66. The van der Waals surface area contributed by atoms with E-state index in [1.165, 1.54) is 0 Å². The highest BCUT2D eigenvalue weighted by molar-refractivity contribution is 5.75. The summed E-state index contributed by atoms with van der Waals surface area (Å²) in [5.41, 5.74) is 0. The van der Waals surface area contributed by atoms with Gasteiger partial charge >= 0.3 is 0 Å². The largest absolute Gasteiger partial charge is 0.395 e. The van der Waals surface area contributed by atoms with Crippen LogP contribution < -0.4 is 5.32 Å².